The molecule has 0 aromatic carbocycles. The van der Waals surface area contributed by atoms with Crippen molar-refractivity contribution in [2.75, 3.05) is 13.1 Å². The molecule has 0 spiro atoms. The number of hydrogen-bond donors (Lipinski definition) is 1. The lowest BCUT2D eigenvalue weighted by atomic mass is 9.98. The van der Waals surface area contributed by atoms with Crippen LogP contribution in [0.4, 0.5) is 0 Å². The summed E-state index contributed by atoms with van der Waals surface area (Å²) < 4.78 is 0. The Balaban J connectivity index is 1.87. The van der Waals surface area contributed by atoms with Gasteiger partial charge < -0.3 is 5.32 Å². The number of Topliss-reactive ketones (excluding diaryl/α,β-unsaturated/α-hetero) is 1. The highest BCUT2D eigenvalue weighted by molar-refractivity contribution is 7.11. The molecule has 0 atom stereocenters. The zero-order chi connectivity index (χ0) is 13.1. The van der Waals surface area contributed by atoms with Gasteiger partial charge in [-0.2, -0.15) is 0 Å². The Morgan fingerprint density at radius 2 is 1.47 bits per heavy atom. The van der Waals surface area contributed by atoms with E-state index < -0.39 is 0 Å². The van der Waals surface area contributed by atoms with Crippen LogP contribution in [0.1, 0.15) is 9.75 Å². The van der Waals surface area contributed by atoms with Crippen LogP contribution in [0.25, 0.3) is 12.2 Å². The van der Waals surface area contributed by atoms with Gasteiger partial charge in [0.2, 0.25) is 0 Å². The van der Waals surface area contributed by atoms with Gasteiger partial charge in [0, 0.05) is 34.0 Å². The lowest BCUT2D eigenvalue weighted by molar-refractivity contribution is -0.112. The number of rotatable bonds is 2. The van der Waals surface area contributed by atoms with E-state index in [2.05, 4.69) is 5.32 Å². The second-order valence-electron chi connectivity index (χ2n) is 4.30. The number of carbonyl (C=O) groups is 1. The number of thiophene rings is 2. The quantitative estimate of drug-likeness (QED) is 0.857. The minimum Gasteiger partial charge on any atom is -0.308 e. The summed E-state index contributed by atoms with van der Waals surface area (Å²) in [4.78, 5) is 14.7. The number of carbonyl (C=O) groups excluding carboxylic acids is 1. The highest BCUT2D eigenvalue weighted by Crippen LogP contribution is 2.20. The van der Waals surface area contributed by atoms with Crippen LogP contribution in [0.15, 0.2) is 46.2 Å². The van der Waals surface area contributed by atoms with Crippen molar-refractivity contribution in [3.63, 3.8) is 0 Å². The van der Waals surface area contributed by atoms with E-state index in [1.54, 1.807) is 22.7 Å². The minimum absolute atomic E-state index is 0.167. The Bertz CT molecular complexity index is 567. The molecular formula is C15H13NOS2. The standard InChI is InChI=1S/C15H13NOS2/c17-15-11(7-13-3-1-5-18-13)9-16-10-12(15)8-14-4-2-6-19-14/h1-8,16H,9-10H2/b11-7+,12-8+. The van der Waals surface area contributed by atoms with Gasteiger partial charge >= 0.3 is 0 Å². The molecule has 3 heterocycles. The van der Waals surface area contributed by atoms with Crippen molar-refractivity contribution >= 4 is 40.6 Å². The van der Waals surface area contributed by atoms with Crippen LogP contribution >= 0.6 is 22.7 Å². The summed E-state index contributed by atoms with van der Waals surface area (Å²) in [5.74, 6) is 0.167. The molecule has 19 heavy (non-hydrogen) atoms. The Morgan fingerprint density at radius 1 is 0.947 bits per heavy atom. The van der Waals surface area contributed by atoms with Gasteiger partial charge in [0.1, 0.15) is 0 Å². The third-order valence-electron chi connectivity index (χ3n) is 2.93. The van der Waals surface area contributed by atoms with E-state index in [4.69, 9.17) is 0 Å². The normalized spacial score (nSPS) is 20.3. The number of nitrogens with one attached hydrogen (secondary N) is 1. The zero-order valence-corrected chi connectivity index (χ0v) is 11.9. The Labute approximate surface area is 120 Å². The minimum atomic E-state index is 0.167. The molecule has 1 aliphatic heterocycles. The van der Waals surface area contributed by atoms with Gasteiger partial charge in [-0.3, -0.25) is 4.79 Å². The van der Waals surface area contributed by atoms with Crippen molar-refractivity contribution in [2.45, 2.75) is 0 Å². The highest BCUT2D eigenvalue weighted by Gasteiger charge is 2.20. The van der Waals surface area contributed by atoms with Crippen LogP contribution in [-0.4, -0.2) is 18.9 Å². The van der Waals surface area contributed by atoms with E-state index in [0.29, 0.717) is 13.1 Å². The number of piperidine rings is 1. The molecule has 4 heteroatoms. The predicted octanol–water partition coefficient (Wildman–Crippen LogP) is 3.45. The van der Waals surface area contributed by atoms with Gasteiger partial charge in [-0.05, 0) is 35.0 Å². The molecule has 3 rings (SSSR count). The molecule has 0 bridgehead atoms. The zero-order valence-electron chi connectivity index (χ0n) is 10.3. The first-order chi connectivity index (χ1) is 9.33. The fourth-order valence-corrected chi connectivity index (χ4v) is 3.39. The lowest BCUT2D eigenvalue weighted by Crippen LogP contribution is -2.32. The summed E-state index contributed by atoms with van der Waals surface area (Å²) in [7, 11) is 0. The van der Waals surface area contributed by atoms with Crippen LogP contribution in [0.2, 0.25) is 0 Å². The molecule has 0 saturated carbocycles. The molecule has 2 aromatic heterocycles. The first-order valence-corrected chi connectivity index (χ1v) is 7.82. The van der Waals surface area contributed by atoms with E-state index in [1.165, 1.54) is 0 Å². The second kappa shape index (κ2) is 5.65. The maximum Gasteiger partial charge on any atom is 0.187 e. The van der Waals surface area contributed by atoms with Crippen molar-refractivity contribution in [3.05, 3.63) is 55.9 Å². The maximum atomic E-state index is 12.4. The third-order valence-corrected chi connectivity index (χ3v) is 4.57. The van der Waals surface area contributed by atoms with Gasteiger partial charge in [-0.15, -0.1) is 22.7 Å². The van der Waals surface area contributed by atoms with Crippen LogP contribution in [0.3, 0.4) is 0 Å². The van der Waals surface area contributed by atoms with E-state index in [0.717, 1.165) is 20.9 Å². The Morgan fingerprint density at radius 3 is 1.89 bits per heavy atom. The number of hydrogen-bond acceptors (Lipinski definition) is 4. The van der Waals surface area contributed by atoms with Crippen LogP contribution in [0.5, 0.6) is 0 Å². The monoisotopic (exact) mass is 287 g/mol. The Kier molecular flexibility index (Phi) is 3.73. The van der Waals surface area contributed by atoms with Crippen molar-refractivity contribution in [1.82, 2.24) is 5.32 Å². The highest BCUT2D eigenvalue weighted by atomic mass is 32.1. The lowest BCUT2D eigenvalue weighted by Gasteiger charge is -2.17. The largest absolute Gasteiger partial charge is 0.308 e. The van der Waals surface area contributed by atoms with Gasteiger partial charge in [0.15, 0.2) is 5.78 Å². The maximum absolute atomic E-state index is 12.4. The average molecular weight is 287 g/mol. The summed E-state index contributed by atoms with van der Waals surface area (Å²) in [6.07, 6.45) is 3.98. The molecular weight excluding hydrogens is 274 g/mol. The van der Waals surface area contributed by atoms with Gasteiger partial charge in [0.05, 0.1) is 0 Å². The summed E-state index contributed by atoms with van der Waals surface area (Å²) in [6, 6.07) is 8.06. The Hall–Kier alpha value is -1.49. The van der Waals surface area contributed by atoms with Crippen LogP contribution in [-0.2, 0) is 4.79 Å². The van der Waals surface area contributed by atoms with Crippen LogP contribution in [0, 0.1) is 0 Å². The summed E-state index contributed by atoms with van der Waals surface area (Å²) in [5, 5.41) is 7.34. The molecule has 0 amide bonds. The number of ketones is 1. The fraction of sp³-hybridized carbons (Fsp3) is 0.133. The molecule has 1 fully saturated rings. The molecule has 0 aliphatic carbocycles. The van der Waals surface area contributed by atoms with Gasteiger partial charge in [0.25, 0.3) is 0 Å². The third kappa shape index (κ3) is 2.92. The molecule has 1 aliphatic rings. The first kappa shape index (κ1) is 12.5. The van der Waals surface area contributed by atoms with Crippen molar-refractivity contribution in [2.24, 2.45) is 0 Å². The van der Waals surface area contributed by atoms with Crippen molar-refractivity contribution < 1.29 is 4.79 Å². The molecule has 1 saturated heterocycles. The summed E-state index contributed by atoms with van der Waals surface area (Å²) in [6.45, 7) is 1.30. The van der Waals surface area contributed by atoms with Crippen molar-refractivity contribution in [1.29, 1.82) is 0 Å². The molecule has 96 valence electrons. The molecule has 2 nitrogen and oxygen atoms in total. The fourth-order valence-electron chi connectivity index (χ4n) is 2.02. The van der Waals surface area contributed by atoms with Gasteiger partial charge in [-0.25, -0.2) is 0 Å². The predicted molar refractivity (Wildman–Crippen MR) is 82.5 cm³/mol. The molecule has 2 aromatic rings. The van der Waals surface area contributed by atoms with E-state index >= 15 is 0 Å². The van der Waals surface area contributed by atoms with E-state index in [1.807, 2.05) is 47.2 Å². The first-order valence-electron chi connectivity index (χ1n) is 6.06. The van der Waals surface area contributed by atoms with E-state index in [-0.39, 0.29) is 5.78 Å². The molecule has 1 N–H and O–H groups in total. The summed E-state index contributed by atoms with van der Waals surface area (Å²) in [5.41, 5.74) is 1.69. The molecule has 0 radical (unpaired) electrons. The smallest absolute Gasteiger partial charge is 0.187 e. The summed E-state index contributed by atoms with van der Waals surface area (Å²) >= 11 is 3.30. The van der Waals surface area contributed by atoms with Crippen molar-refractivity contribution in [3.8, 4) is 0 Å². The topological polar surface area (TPSA) is 29.1 Å². The van der Waals surface area contributed by atoms with Crippen LogP contribution < -0.4 is 5.32 Å². The molecule has 0 unspecified atom stereocenters. The van der Waals surface area contributed by atoms with E-state index in [9.17, 15) is 4.79 Å². The second-order valence-corrected chi connectivity index (χ2v) is 6.26. The SMILES string of the molecule is O=C1/C(=C/c2cccs2)CNC/C1=C\c1cccs1. The van der Waals surface area contributed by atoms with Gasteiger partial charge in [-0.1, -0.05) is 12.1 Å². The average Bonchev–Trinajstić information content (AvgIpc) is 3.07.